The fourth-order valence-corrected chi connectivity index (χ4v) is 3.17. The van der Waals surface area contributed by atoms with Crippen molar-refractivity contribution in [3.63, 3.8) is 0 Å². The number of fused-ring (bicyclic) bond motifs is 1. The van der Waals surface area contributed by atoms with Crippen LogP contribution in [0, 0.1) is 0 Å². The van der Waals surface area contributed by atoms with E-state index in [2.05, 4.69) is 51.8 Å². The van der Waals surface area contributed by atoms with Gasteiger partial charge in [-0.2, -0.15) is 0 Å². The van der Waals surface area contributed by atoms with Gasteiger partial charge in [-0.3, -0.25) is 0 Å². The Kier molecular flexibility index (Phi) is 4.58. The minimum atomic E-state index is 0.701. The van der Waals surface area contributed by atoms with Gasteiger partial charge in [-0.15, -0.1) is 11.3 Å². The highest BCUT2D eigenvalue weighted by atomic mass is 32.1. The zero-order valence-electron chi connectivity index (χ0n) is 12.2. The summed E-state index contributed by atoms with van der Waals surface area (Å²) in [6, 6.07) is 12.6. The lowest BCUT2D eigenvalue weighted by Gasteiger charge is -2.08. The van der Waals surface area contributed by atoms with Crippen LogP contribution in [0.2, 0.25) is 0 Å². The minimum Gasteiger partial charge on any atom is -0.493 e. The molecule has 2 heterocycles. The van der Waals surface area contributed by atoms with Crippen molar-refractivity contribution in [1.29, 1.82) is 0 Å². The third kappa shape index (κ3) is 3.28. The molecular formula is C17H20N2OS. The number of hydrogen-bond donors (Lipinski definition) is 1. The zero-order valence-corrected chi connectivity index (χ0v) is 13.0. The molecule has 1 N–H and O–H groups in total. The quantitative estimate of drug-likeness (QED) is 0.670. The number of benzene rings is 1. The van der Waals surface area contributed by atoms with Gasteiger partial charge in [0.25, 0.3) is 0 Å². The Morgan fingerprint density at radius 1 is 1.19 bits per heavy atom. The molecule has 21 heavy (non-hydrogen) atoms. The highest BCUT2D eigenvalue weighted by molar-refractivity contribution is 7.09. The van der Waals surface area contributed by atoms with Crippen molar-refractivity contribution in [2.75, 3.05) is 13.2 Å². The highest BCUT2D eigenvalue weighted by Gasteiger charge is 2.05. The van der Waals surface area contributed by atoms with E-state index in [-0.39, 0.29) is 0 Å². The van der Waals surface area contributed by atoms with E-state index in [9.17, 15) is 0 Å². The van der Waals surface area contributed by atoms with Crippen molar-refractivity contribution in [1.82, 2.24) is 9.88 Å². The van der Waals surface area contributed by atoms with Crippen LogP contribution in [-0.4, -0.2) is 17.7 Å². The number of ether oxygens (including phenoxy) is 1. The molecule has 0 saturated carbocycles. The second-order valence-electron chi connectivity index (χ2n) is 4.89. The van der Waals surface area contributed by atoms with Gasteiger partial charge in [0.2, 0.25) is 0 Å². The molecule has 1 aromatic carbocycles. The van der Waals surface area contributed by atoms with Crippen LogP contribution in [-0.2, 0) is 13.1 Å². The molecule has 4 heteroatoms. The molecule has 2 aromatic heterocycles. The van der Waals surface area contributed by atoms with Gasteiger partial charge >= 0.3 is 0 Å². The Balaban J connectivity index is 1.63. The standard InChI is InChI=1S/C17H20N2OS/c1-2-20-17-7-3-6-16-15(17)8-10-19(16)11-9-18-13-14-5-4-12-21-14/h3-8,10,12,18H,2,9,11,13H2,1H3. The van der Waals surface area contributed by atoms with Gasteiger partial charge in [0, 0.05) is 36.1 Å². The molecular weight excluding hydrogens is 280 g/mol. The molecule has 0 atom stereocenters. The molecule has 3 aromatic rings. The van der Waals surface area contributed by atoms with Crippen LogP contribution in [0.15, 0.2) is 48.0 Å². The average molecular weight is 300 g/mol. The first-order chi connectivity index (χ1) is 10.4. The maximum atomic E-state index is 5.68. The minimum absolute atomic E-state index is 0.701. The fraction of sp³-hybridized carbons (Fsp3) is 0.294. The van der Waals surface area contributed by atoms with Crippen LogP contribution in [0.4, 0.5) is 0 Å². The molecule has 0 aliphatic heterocycles. The number of nitrogens with zero attached hydrogens (tertiary/aromatic N) is 1. The summed E-state index contributed by atoms with van der Waals surface area (Å²) in [6.45, 7) is 5.59. The number of rotatable bonds is 7. The van der Waals surface area contributed by atoms with E-state index in [4.69, 9.17) is 4.74 Å². The predicted molar refractivity (Wildman–Crippen MR) is 89.1 cm³/mol. The van der Waals surface area contributed by atoms with Crippen molar-refractivity contribution in [3.8, 4) is 5.75 Å². The van der Waals surface area contributed by atoms with E-state index in [0.717, 1.165) is 25.4 Å². The summed E-state index contributed by atoms with van der Waals surface area (Å²) in [6.07, 6.45) is 2.14. The summed E-state index contributed by atoms with van der Waals surface area (Å²) < 4.78 is 7.96. The van der Waals surface area contributed by atoms with Crippen LogP contribution in [0.3, 0.4) is 0 Å². The van der Waals surface area contributed by atoms with Crippen LogP contribution in [0.1, 0.15) is 11.8 Å². The maximum absolute atomic E-state index is 5.68. The Hall–Kier alpha value is -1.78. The lowest BCUT2D eigenvalue weighted by atomic mass is 10.2. The highest BCUT2D eigenvalue weighted by Crippen LogP contribution is 2.26. The summed E-state index contributed by atoms with van der Waals surface area (Å²) in [7, 11) is 0. The Labute approximate surface area is 129 Å². The van der Waals surface area contributed by atoms with Gasteiger partial charge in [0.15, 0.2) is 0 Å². The van der Waals surface area contributed by atoms with Crippen molar-refractivity contribution in [2.45, 2.75) is 20.0 Å². The molecule has 3 rings (SSSR count). The Morgan fingerprint density at radius 2 is 2.14 bits per heavy atom. The number of nitrogens with one attached hydrogen (secondary N) is 1. The maximum Gasteiger partial charge on any atom is 0.128 e. The van der Waals surface area contributed by atoms with Crippen molar-refractivity contribution < 1.29 is 4.74 Å². The predicted octanol–water partition coefficient (Wildman–Crippen LogP) is 3.89. The van der Waals surface area contributed by atoms with Gasteiger partial charge in [0.05, 0.1) is 12.1 Å². The average Bonchev–Trinajstić information content (AvgIpc) is 3.14. The fourth-order valence-electron chi connectivity index (χ4n) is 2.50. The van der Waals surface area contributed by atoms with Crippen molar-refractivity contribution in [3.05, 3.63) is 52.9 Å². The van der Waals surface area contributed by atoms with Crippen molar-refractivity contribution in [2.24, 2.45) is 0 Å². The first-order valence-corrected chi connectivity index (χ1v) is 8.20. The molecule has 0 aliphatic carbocycles. The molecule has 0 radical (unpaired) electrons. The summed E-state index contributed by atoms with van der Waals surface area (Å²) in [5.41, 5.74) is 1.24. The molecule has 0 aliphatic rings. The van der Waals surface area contributed by atoms with Gasteiger partial charge in [-0.1, -0.05) is 12.1 Å². The second kappa shape index (κ2) is 6.78. The lowest BCUT2D eigenvalue weighted by Crippen LogP contribution is -2.18. The largest absolute Gasteiger partial charge is 0.493 e. The van der Waals surface area contributed by atoms with Crippen molar-refractivity contribution >= 4 is 22.2 Å². The van der Waals surface area contributed by atoms with E-state index in [0.29, 0.717) is 6.61 Å². The molecule has 110 valence electrons. The van der Waals surface area contributed by atoms with Crippen LogP contribution in [0.5, 0.6) is 5.75 Å². The number of hydrogen-bond acceptors (Lipinski definition) is 3. The first kappa shape index (κ1) is 14.2. The van der Waals surface area contributed by atoms with Gasteiger partial charge in [-0.05, 0) is 36.6 Å². The topological polar surface area (TPSA) is 26.2 Å². The van der Waals surface area contributed by atoms with Crippen LogP contribution < -0.4 is 10.1 Å². The molecule has 0 saturated heterocycles. The van der Waals surface area contributed by atoms with Gasteiger partial charge in [-0.25, -0.2) is 0 Å². The SMILES string of the molecule is CCOc1cccc2c1ccn2CCNCc1cccs1. The molecule has 0 spiro atoms. The first-order valence-electron chi connectivity index (χ1n) is 7.32. The molecule has 0 fully saturated rings. The Bertz CT molecular complexity index is 688. The third-order valence-electron chi connectivity index (χ3n) is 3.48. The number of aromatic nitrogens is 1. The van der Waals surface area contributed by atoms with E-state index in [1.807, 2.05) is 13.0 Å². The smallest absolute Gasteiger partial charge is 0.128 e. The summed E-state index contributed by atoms with van der Waals surface area (Å²) in [5, 5.41) is 6.80. The monoisotopic (exact) mass is 300 g/mol. The summed E-state index contributed by atoms with van der Waals surface area (Å²) in [4.78, 5) is 1.38. The van der Waals surface area contributed by atoms with E-state index < -0.39 is 0 Å². The van der Waals surface area contributed by atoms with Gasteiger partial charge in [0.1, 0.15) is 5.75 Å². The van der Waals surface area contributed by atoms with Crippen LogP contribution >= 0.6 is 11.3 Å². The van der Waals surface area contributed by atoms with E-state index in [1.165, 1.54) is 15.8 Å². The zero-order chi connectivity index (χ0) is 14.5. The molecule has 0 unspecified atom stereocenters. The third-order valence-corrected chi connectivity index (χ3v) is 4.36. The molecule has 3 nitrogen and oxygen atoms in total. The lowest BCUT2D eigenvalue weighted by molar-refractivity contribution is 0.344. The van der Waals surface area contributed by atoms with E-state index >= 15 is 0 Å². The summed E-state index contributed by atoms with van der Waals surface area (Å²) >= 11 is 1.79. The molecule has 0 bridgehead atoms. The number of thiophene rings is 1. The summed E-state index contributed by atoms with van der Waals surface area (Å²) in [5.74, 6) is 0.972. The van der Waals surface area contributed by atoms with E-state index in [1.54, 1.807) is 11.3 Å². The van der Waals surface area contributed by atoms with Gasteiger partial charge < -0.3 is 14.6 Å². The normalized spacial score (nSPS) is 11.1. The second-order valence-corrected chi connectivity index (χ2v) is 5.92. The molecule has 0 amide bonds. The van der Waals surface area contributed by atoms with Crippen LogP contribution in [0.25, 0.3) is 10.9 Å². The Morgan fingerprint density at radius 3 is 2.95 bits per heavy atom.